The van der Waals surface area contributed by atoms with Gasteiger partial charge in [-0.1, -0.05) is 73.1 Å². The van der Waals surface area contributed by atoms with E-state index in [1.54, 1.807) is 35.0 Å². The number of amides is 6. The Bertz CT molecular complexity index is 3720. The molecule has 3 fully saturated rings. The van der Waals surface area contributed by atoms with Gasteiger partial charge in [-0.15, -0.1) is 11.3 Å². The first kappa shape index (κ1) is 59.2. The van der Waals surface area contributed by atoms with Gasteiger partial charge in [0.05, 0.1) is 46.7 Å². The van der Waals surface area contributed by atoms with E-state index in [0.717, 1.165) is 39.4 Å². The van der Waals surface area contributed by atoms with Gasteiger partial charge in [0.15, 0.2) is 17.0 Å². The van der Waals surface area contributed by atoms with Crippen molar-refractivity contribution in [2.45, 2.75) is 108 Å². The Morgan fingerprint density at radius 3 is 2.37 bits per heavy atom. The predicted octanol–water partition coefficient (Wildman–Crippen LogP) is 6.71. The lowest BCUT2D eigenvalue weighted by Crippen LogP contribution is -2.61. The van der Waals surface area contributed by atoms with Crippen molar-refractivity contribution in [2.75, 3.05) is 32.8 Å². The van der Waals surface area contributed by atoms with Crippen molar-refractivity contribution in [3.8, 4) is 16.3 Å². The number of likely N-dealkylation sites (tertiary alicyclic amines) is 1. The van der Waals surface area contributed by atoms with Crippen LogP contribution in [-0.2, 0) is 29.4 Å². The average Bonchev–Trinajstić information content (AvgIpc) is 3.08. The number of thiazole rings is 1. The smallest absolute Gasteiger partial charge is 0.399 e. The molecule has 4 aromatic carbocycles. The van der Waals surface area contributed by atoms with Gasteiger partial charge in [0, 0.05) is 42.7 Å². The molecule has 22 nitrogen and oxygen atoms in total. The Morgan fingerprint density at radius 2 is 1.64 bits per heavy atom. The number of β-amino-alcohol motifs (C(OH)–C–C–N with tert-alkyl or cyclic N) is 1. The molecule has 7 aromatic rings. The third kappa shape index (κ3) is 12.1. The second-order valence-corrected chi connectivity index (χ2v) is 24.4. The molecule has 3 aliphatic heterocycles. The Hall–Kier alpha value is -7.96. The standard InChI is InChI=1S/C58H62F2N9O13PS/c1-30(2)49(56(75)68-27-41(70)25-45(68)54(73)63-32(4)34-7-10-36(11-8-34)51-33(5)62-29-84-51)47-26-48(65-82-47)80-21-19-61-53(72)44-16-15-40-18-20-67(57(76)50-42-22-31(3)6-17-46(42)81-66-50)28-43(55(74)69(40)44)64-52(71)37-12-9-35-13-14-39(24-38(35)23-37)58(59,60)83(77,78)79/h6-14,17,22-24,26,29-30,32,40-41,43-45,49,70H,15-16,18-21,25,27-28H2,1-5H3,(H,61,72)(H,63,73)(H,64,71)(H2,77,78,79)/t32-,40-,41-,43+,44+,45+,49?/m1/s1. The van der Waals surface area contributed by atoms with Gasteiger partial charge in [-0.05, 0) is 103 Å². The molecule has 0 saturated carbocycles. The Kier molecular flexibility index (Phi) is 16.9. The molecule has 6 amide bonds. The highest BCUT2D eigenvalue weighted by Gasteiger charge is 2.51. The molecule has 442 valence electrons. The number of alkyl halides is 2. The number of carbonyl (C=O) groups excluding carboxylic acids is 6. The highest BCUT2D eigenvalue weighted by molar-refractivity contribution is 7.52. The zero-order valence-corrected chi connectivity index (χ0v) is 48.1. The molecule has 0 radical (unpaired) electrons. The van der Waals surface area contributed by atoms with Crippen LogP contribution in [0.4, 0.5) is 8.78 Å². The molecule has 26 heteroatoms. The highest BCUT2D eigenvalue weighted by Crippen LogP contribution is 2.59. The minimum Gasteiger partial charge on any atom is -0.474 e. The van der Waals surface area contributed by atoms with Gasteiger partial charge in [0.25, 0.3) is 17.7 Å². The second-order valence-electron chi connectivity index (χ2n) is 21.9. The number of aromatic nitrogens is 3. The van der Waals surface area contributed by atoms with E-state index in [0.29, 0.717) is 22.8 Å². The molecule has 3 aliphatic rings. The predicted molar refractivity (Wildman–Crippen MR) is 302 cm³/mol. The molecule has 3 aromatic heterocycles. The van der Waals surface area contributed by atoms with Crippen molar-refractivity contribution < 1.29 is 70.8 Å². The van der Waals surface area contributed by atoms with Crippen molar-refractivity contribution in [1.82, 2.24) is 45.9 Å². The number of ether oxygens (including phenoxy) is 1. The van der Waals surface area contributed by atoms with Gasteiger partial charge >= 0.3 is 13.3 Å². The number of aliphatic hydroxyl groups excluding tert-OH is 1. The van der Waals surface area contributed by atoms with Crippen molar-refractivity contribution in [1.29, 1.82) is 0 Å². The summed E-state index contributed by atoms with van der Waals surface area (Å²) in [7, 11) is -5.92. The van der Waals surface area contributed by atoms with Crippen LogP contribution in [0.3, 0.4) is 0 Å². The summed E-state index contributed by atoms with van der Waals surface area (Å²) in [6.07, 6.45) is -0.0477. The van der Waals surface area contributed by atoms with Crippen LogP contribution in [0.2, 0.25) is 0 Å². The van der Waals surface area contributed by atoms with E-state index in [1.165, 1.54) is 45.0 Å². The van der Waals surface area contributed by atoms with Gasteiger partial charge in [0.1, 0.15) is 30.7 Å². The molecule has 7 atom stereocenters. The number of halogens is 2. The minimum absolute atomic E-state index is 0.00760. The number of nitrogens with zero attached hydrogens (tertiary/aromatic N) is 6. The molecule has 1 unspecified atom stereocenters. The van der Waals surface area contributed by atoms with Crippen molar-refractivity contribution in [3.05, 3.63) is 130 Å². The van der Waals surface area contributed by atoms with Crippen LogP contribution < -0.4 is 20.7 Å². The van der Waals surface area contributed by atoms with Crippen LogP contribution >= 0.6 is 18.9 Å². The van der Waals surface area contributed by atoms with Gasteiger partial charge in [-0.25, -0.2) is 4.98 Å². The van der Waals surface area contributed by atoms with E-state index in [-0.39, 0.29) is 86.3 Å². The van der Waals surface area contributed by atoms with Crippen LogP contribution in [0, 0.1) is 19.8 Å². The maximum absolute atomic E-state index is 14.9. The molecular formula is C58H62F2N9O13PS. The number of hydrogen-bond donors (Lipinski definition) is 6. The monoisotopic (exact) mass is 1190 g/mol. The second kappa shape index (κ2) is 24.0. The molecule has 0 spiro atoms. The Labute approximate surface area is 484 Å². The molecule has 6 heterocycles. The summed E-state index contributed by atoms with van der Waals surface area (Å²) < 4.78 is 58.2. The number of carbonyl (C=O) groups is 6. The van der Waals surface area contributed by atoms with Crippen LogP contribution in [0.5, 0.6) is 5.88 Å². The zero-order valence-electron chi connectivity index (χ0n) is 46.4. The first-order chi connectivity index (χ1) is 40.0. The van der Waals surface area contributed by atoms with Gasteiger partial charge in [-0.3, -0.25) is 33.3 Å². The van der Waals surface area contributed by atoms with Crippen molar-refractivity contribution >= 4 is 76.1 Å². The lowest BCUT2D eigenvalue weighted by Gasteiger charge is -2.38. The number of benzene rings is 4. The fourth-order valence-electron chi connectivity index (χ4n) is 11.3. The first-order valence-corrected chi connectivity index (χ1v) is 29.9. The SMILES string of the molecule is Cc1ccc2onc(C(=O)N3CC[C@H]4CC[C@@H](C(=O)NCCOc5cc(C(C(=O)N6C[C@H](O)C[C@H]6C(=O)N[C@H](C)c6ccc(-c7scnc7C)cc6)C(C)C)on5)N4C(=O)[C@@H](NC(=O)c4ccc5ccc(C(F)(F)P(=O)(O)O)cc5c4)C3)c2c1. The summed E-state index contributed by atoms with van der Waals surface area (Å²) in [6, 6.07) is 17.1. The lowest BCUT2D eigenvalue weighted by molar-refractivity contribution is -0.143. The highest BCUT2D eigenvalue weighted by atomic mass is 32.1. The molecule has 0 bridgehead atoms. The quantitative estimate of drug-likeness (QED) is 0.0408. The van der Waals surface area contributed by atoms with Crippen LogP contribution in [0.25, 0.3) is 32.2 Å². The number of aryl methyl sites for hydroxylation is 2. The van der Waals surface area contributed by atoms with Crippen LogP contribution in [-0.4, -0.2) is 143 Å². The van der Waals surface area contributed by atoms with E-state index in [4.69, 9.17) is 13.8 Å². The Morgan fingerprint density at radius 1 is 0.881 bits per heavy atom. The number of nitrogens with one attached hydrogen (secondary N) is 3. The zero-order chi connectivity index (χ0) is 59.9. The summed E-state index contributed by atoms with van der Waals surface area (Å²) in [4.78, 5) is 114. The summed E-state index contributed by atoms with van der Waals surface area (Å²) in [5.74, 6) is -4.56. The minimum atomic E-state index is -5.92. The lowest BCUT2D eigenvalue weighted by atomic mass is 9.91. The van der Waals surface area contributed by atoms with Crippen LogP contribution in [0.1, 0.15) is 107 Å². The van der Waals surface area contributed by atoms with Gasteiger partial charge in [-0.2, -0.15) is 8.78 Å². The third-order valence-electron chi connectivity index (χ3n) is 15.8. The largest absolute Gasteiger partial charge is 0.474 e. The Balaban J connectivity index is 0.792. The molecule has 0 aliphatic carbocycles. The number of rotatable bonds is 17. The van der Waals surface area contributed by atoms with Gasteiger partial charge in [0.2, 0.25) is 23.6 Å². The topological polar surface area (TPSA) is 300 Å². The fraction of sp³-hybridized carbons (Fsp3) is 0.397. The molecule has 6 N–H and O–H groups in total. The van der Waals surface area contributed by atoms with Crippen molar-refractivity contribution in [3.63, 3.8) is 0 Å². The van der Waals surface area contributed by atoms with E-state index in [9.17, 15) is 57.0 Å². The van der Waals surface area contributed by atoms with E-state index >= 15 is 0 Å². The first-order valence-electron chi connectivity index (χ1n) is 27.4. The maximum Gasteiger partial charge on any atom is 0.399 e. The average molecular weight is 1190 g/mol. The van der Waals surface area contributed by atoms with E-state index < -0.39 is 96.5 Å². The maximum atomic E-state index is 14.9. The summed E-state index contributed by atoms with van der Waals surface area (Å²) in [6.45, 7) is 8.71. The molecule has 10 rings (SSSR count). The number of fused-ring (bicyclic) bond motifs is 3. The van der Waals surface area contributed by atoms with E-state index in [2.05, 4.69) is 31.2 Å². The normalized spacial score (nSPS) is 20.2. The summed E-state index contributed by atoms with van der Waals surface area (Å²) in [5, 5.41) is 28.2. The molecule has 84 heavy (non-hydrogen) atoms. The van der Waals surface area contributed by atoms with Crippen molar-refractivity contribution in [2.24, 2.45) is 5.92 Å². The van der Waals surface area contributed by atoms with E-state index in [1.807, 2.05) is 58.9 Å². The third-order valence-corrected chi connectivity index (χ3v) is 17.7. The number of hydrogen-bond acceptors (Lipinski definition) is 15. The van der Waals surface area contributed by atoms with Gasteiger partial charge < -0.3 is 59.3 Å². The summed E-state index contributed by atoms with van der Waals surface area (Å²) in [5.41, 5.74) is 0.171. The van der Waals surface area contributed by atoms with Crippen LogP contribution in [0.15, 0.2) is 99.5 Å². The fourth-order valence-corrected chi connectivity index (χ4v) is 12.6. The summed E-state index contributed by atoms with van der Waals surface area (Å²) >= 11 is 1.54. The number of aliphatic hydroxyl groups is 1. The molecule has 3 saturated heterocycles. The molecular weight excluding hydrogens is 1130 g/mol.